The summed E-state index contributed by atoms with van der Waals surface area (Å²) in [5.41, 5.74) is 0. The van der Waals surface area contributed by atoms with E-state index in [0.29, 0.717) is 26.1 Å². The van der Waals surface area contributed by atoms with Crippen molar-refractivity contribution in [3.63, 3.8) is 0 Å². The Morgan fingerprint density at radius 1 is 1.21 bits per heavy atom. The Hall–Kier alpha value is -1.79. The molecule has 1 heterocycles. The number of rotatable bonds is 6. The van der Waals surface area contributed by atoms with Crippen LogP contribution in [-0.2, 0) is 9.59 Å². The summed E-state index contributed by atoms with van der Waals surface area (Å²) in [6, 6.07) is -0.125. The highest BCUT2D eigenvalue weighted by Crippen LogP contribution is 2.29. The van der Waals surface area contributed by atoms with Crippen molar-refractivity contribution >= 4 is 17.9 Å². The van der Waals surface area contributed by atoms with E-state index in [1.54, 1.807) is 4.90 Å². The number of nitrogens with one attached hydrogen (secondary N) is 2. The van der Waals surface area contributed by atoms with Crippen molar-refractivity contribution < 1.29 is 19.5 Å². The second-order valence-electron chi connectivity index (χ2n) is 5.11. The van der Waals surface area contributed by atoms with E-state index in [2.05, 4.69) is 10.6 Å². The Balaban J connectivity index is 1.54. The summed E-state index contributed by atoms with van der Waals surface area (Å²) in [6.45, 7) is 1.42. The molecular formula is C12H19N3O4. The minimum Gasteiger partial charge on any atom is -0.481 e. The van der Waals surface area contributed by atoms with E-state index in [0.717, 1.165) is 12.8 Å². The summed E-state index contributed by atoms with van der Waals surface area (Å²) in [6.07, 6.45) is 2.44. The van der Waals surface area contributed by atoms with Crippen LogP contribution in [0.1, 0.15) is 25.7 Å². The average molecular weight is 269 g/mol. The lowest BCUT2D eigenvalue weighted by Crippen LogP contribution is -2.63. The van der Waals surface area contributed by atoms with Gasteiger partial charge in [-0.3, -0.25) is 9.59 Å². The normalized spacial score (nSPS) is 18.6. The molecule has 19 heavy (non-hydrogen) atoms. The predicted molar refractivity (Wildman–Crippen MR) is 66.5 cm³/mol. The van der Waals surface area contributed by atoms with Gasteiger partial charge in [-0.15, -0.1) is 0 Å². The van der Waals surface area contributed by atoms with Gasteiger partial charge in [-0.05, 0) is 19.3 Å². The zero-order valence-electron chi connectivity index (χ0n) is 10.7. The third kappa shape index (κ3) is 4.11. The number of urea groups is 1. The average Bonchev–Trinajstić information content (AvgIpc) is 3.11. The third-order valence-electron chi connectivity index (χ3n) is 3.31. The van der Waals surface area contributed by atoms with Gasteiger partial charge in [0.05, 0.1) is 6.04 Å². The Labute approximate surface area is 111 Å². The predicted octanol–water partition coefficient (Wildman–Crippen LogP) is -0.229. The molecule has 2 aliphatic rings. The van der Waals surface area contributed by atoms with E-state index in [1.807, 2.05) is 0 Å². The minimum atomic E-state index is -0.860. The molecule has 0 unspecified atom stereocenters. The molecule has 7 heteroatoms. The zero-order chi connectivity index (χ0) is 13.8. The molecular weight excluding hydrogens is 250 g/mol. The quantitative estimate of drug-likeness (QED) is 0.580. The van der Waals surface area contributed by atoms with E-state index >= 15 is 0 Å². The summed E-state index contributed by atoms with van der Waals surface area (Å²) in [5.74, 6) is -0.563. The van der Waals surface area contributed by atoms with Gasteiger partial charge in [0, 0.05) is 32.0 Å². The molecule has 0 aromatic heterocycles. The van der Waals surface area contributed by atoms with Gasteiger partial charge in [-0.1, -0.05) is 0 Å². The number of nitrogens with zero attached hydrogens (tertiary/aromatic N) is 1. The van der Waals surface area contributed by atoms with E-state index < -0.39 is 5.97 Å². The maximum Gasteiger partial charge on any atom is 0.317 e. The number of amides is 3. The van der Waals surface area contributed by atoms with Crippen molar-refractivity contribution in [1.82, 2.24) is 15.5 Å². The molecule has 106 valence electrons. The number of likely N-dealkylation sites (tertiary alicyclic amines) is 1. The molecule has 1 aliphatic carbocycles. The van der Waals surface area contributed by atoms with Gasteiger partial charge >= 0.3 is 12.0 Å². The Kier molecular flexibility index (Phi) is 4.24. The SMILES string of the molecule is O=C(O)CCCNC(=O)N1CC(NC(=O)C2CC2)C1. The number of hydrogen-bond donors (Lipinski definition) is 3. The van der Waals surface area contributed by atoms with E-state index in [4.69, 9.17) is 5.11 Å². The highest BCUT2D eigenvalue weighted by Gasteiger charge is 2.36. The van der Waals surface area contributed by atoms with Crippen molar-refractivity contribution in [2.75, 3.05) is 19.6 Å². The molecule has 0 bridgehead atoms. The second kappa shape index (κ2) is 5.90. The third-order valence-corrected chi connectivity index (χ3v) is 3.31. The number of carboxylic acids is 1. The number of carbonyl (C=O) groups is 3. The fraction of sp³-hybridized carbons (Fsp3) is 0.750. The van der Waals surface area contributed by atoms with Crippen molar-refractivity contribution in [2.45, 2.75) is 31.7 Å². The largest absolute Gasteiger partial charge is 0.481 e. The van der Waals surface area contributed by atoms with Crippen LogP contribution in [0, 0.1) is 5.92 Å². The fourth-order valence-corrected chi connectivity index (χ4v) is 1.95. The first-order valence-corrected chi connectivity index (χ1v) is 6.61. The lowest BCUT2D eigenvalue weighted by molar-refractivity contribution is -0.137. The van der Waals surface area contributed by atoms with Crippen LogP contribution >= 0.6 is 0 Å². The molecule has 3 amide bonds. The smallest absolute Gasteiger partial charge is 0.317 e. The first-order valence-electron chi connectivity index (χ1n) is 6.61. The van der Waals surface area contributed by atoms with Crippen LogP contribution < -0.4 is 10.6 Å². The van der Waals surface area contributed by atoms with Gasteiger partial charge < -0.3 is 20.6 Å². The second-order valence-corrected chi connectivity index (χ2v) is 5.11. The van der Waals surface area contributed by atoms with Crippen LogP contribution in [0.2, 0.25) is 0 Å². The molecule has 0 atom stereocenters. The molecule has 2 fully saturated rings. The van der Waals surface area contributed by atoms with Crippen molar-refractivity contribution in [1.29, 1.82) is 0 Å². The highest BCUT2D eigenvalue weighted by molar-refractivity contribution is 5.82. The van der Waals surface area contributed by atoms with Gasteiger partial charge in [0.2, 0.25) is 5.91 Å². The lowest BCUT2D eigenvalue weighted by atomic mass is 10.1. The molecule has 2 rings (SSSR count). The van der Waals surface area contributed by atoms with Crippen molar-refractivity contribution in [3.05, 3.63) is 0 Å². The summed E-state index contributed by atoms with van der Waals surface area (Å²) in [5, 5.41) is 14.0. The molecule has 0 radical (unpaired) electrons. The van der Waals surface area contributed by atoms with Crippen LogP contribution in [0.15, 0.2) is 0 Å². The molecule has 7 nitrogen and oxygen atoms in total. The minimum absolute atomic E-state index is 0.0559. The molecule has 0 aromatic rings. The van der Waals surface area contributed by atoms with Gasteiger partial charge in [0.25, 0.3) is 0 Å². The number of carboxylic acid groups (broad SMARTS) is 1. The summed E-state index contributed by atoms with van der Waals surface area (Å²) >= 11 is 0. The van der Waals surface area contributed by atoms with Gasteiger partial charge in [-0.25, -0.2) is 4.79 Å². The van der Waals surface area contributed by atoms with Gasteiger partial charge in [0.1, 0.15) is 0 Å². The van der Waals surface area contributed by atoms with E-state index in [-0.39, 0.29) is 30.3 Å². The van der Waals surface area contributed by atoms with Crippen molar-refractivity contribution in [2.24, 2.45) is 5.92 Å². The number of aliphatic carboxylic acids is 1. The molecule has 0 spiro atoms. The first kappa shape index (κ1) is 13.6. The van der Waals surface area contributed by atoms with Crippen molar-refractivity contribution in [3.8, 4) is 0 Å². The lowest BCUT2D eigenvalue weighted by Gasteiger charge is -2.39. The Morgan fingerprint density at radius 2 is 1.89 bits per heavy atom. The highest BCUT2D eigenvalue weighted by atomic mass is 16.4. The maximum absolute atomic E-state index is 11.6. The van der Waals surface area contributed by atoms with Crippen LogP contribution in [0.3, 0.4) is 0 Å². The summed E-state index contributed by atoms with van der Waals surface area (Å²) < 4.78 is 0. The Bertz CT molecular complexity index is 375. The summed E-state index contributed by atoms with van der Waals surface area (Å²) in [7, 11) is 0. The molecule has 1 saturated heterocycles. The molecule has 0 aromatic carbocycles. The zero-order valence-corrected chi connectivity index (χ0v) is 10.7. The van der Waals surface area contributed by atoms with Crippen LogP contribution in [0.5, 0.6) is 0 Å². The summed E-state index contributed by atoms with van der Waals surface area (Å²) in [4.78, 5) is 35.0. The topological polar surface area (TPSA) is 98.7 Å². The number of carbonyl (C=O) groups excluding carboxylic acids is 2. The van der Waals surface area contributed by atoms with Gasteiger partial charge in [0.15, 0.2) is 0 Å². The van der Waals surface area contributed by atoms with Crippen LogP contribution in [0.4, 0.5) is 4.79 Å². The number of hydrogen-bond acceptors (Lipinski definition) is 3. The van der Waals surface area contributed by atoms with E-state index in [9.17, 15) is 14.4 Å². The first-order chi connectivity index (χ1) is 9.06. The van der Waals surface area contributed by atoms with Crippen LogP contribution in [-0.4, -0.2) is 53.6 Å². The monoisotopic (exact) mass is 269 g/mol. The Morgan fingerprint density at radius 3 is 2.47 bits per heavy atom. The molecule has 3 N–H and O–H groups in total. The fourth-order valence-electron chi connectivity index (χ4n) is 1.95. The van der Waals surface area contributed by atoms with Gasteiger partial charge in [-0.2, -0.15) is 0 Å². The molecule has 1 saturated carbocycles. The standard InChI is InChI=1S/C12H19N3O4/c16-10(17)2-1-5-13-12(19)15-6-9(7-15)14-11(18)8-3-4-8/h8-9H,1-7H2,(H,13,19)(H,14,18)(H,16,17). The molecule has 1 aliphatic heterocycles. The van der Waals surface area contributed by atoms with Crippen LogP contribution in [0.25, 0.3) is 0 Å². The van der Waals surface area contributed by atoms with E-state index in [1.165, 1.54) is 0 Å². The maximum atomic E-state index is 11.6.